The smallest absolute Gasteiger partial charge is 0.184 e. The second-order valence-corrected chi connectivity index (χ2v) is 3.21. The molecule has 0 aromatic carbocycles. The summed E-state index contributed by atoms with van der Waals surface area (Å²) in [5, 5.41) is 54.3. The lowest BCUT2D eigenvalue weighted by atomic mass is 9.96. The van der Waals surface area contributed by atoms with Crippen LogP contribution in [0.1, 0.15) is 0 Å². The average Bonchev–Trinajstić information content (AvgIpc) is 2.19. The maximum Gasteiger partial charge on any atom is 0.184 e. The van der Waals surface area contributed by atoms with Gasteiger partial charge in [-0.3, -0.25) is 0 Å². The standard InChI is InChI=1S/C7H14O7/c8-1-2(9)6-4(11)3(10)5(12)7(13)14-6/h2-13H,1H2/t2-,3?,4+,5?,6?,7+/m0/s1. The molecule has 0 bridgehead atoms. The van der Waals surface area contributed by atoms with E-state index in [1.807, 2.05) is 0 Å². The summed E-state index contributed by atoms with van der Waals surface area (Å²) in [7, 11) is 0. The highest BCUT2D eigenvalue weighted by Gasteiger charge is 2.45. The van der Waals surface area contributed by atoms with E-state index in [-0.39, 0.29) is 0 Å². The average molecular weight is 210 g/mol. The van der Waals surface area contributed by atoms with Crippen molar-refractivity contribution in [3.63, 3.8) is 0 Å². The zero-order valence-corrected chi connectivity index (χ0v) is 7.26. The van der Waals surface area contributed by atoms with Gasteiger partial charge in [-0.2, -0.15) is 0 Å². The Kier molecular flexibility index (Phi) is 3.78. The Labute approximate surface area is 79.8 Å². The minimum Gasteiger partial charge on any atom is -0.394 e. The summed E-state index contributed by atoms with van der Waals surface area (Å²) in [5.74, 6) is 0. The molecule has 1 rings (SSSR count). The number of ether oxygens (including phenoxy) is 1. The predicted octanol–water partition coefficient (Wildman–Crippen LogP) is -3.86. The number of aliphatic hydroxyl groups excluding tert-OH is 6. The Balaban J connectivity index is 2.70. The molecule has 1 heterocycles. The van der Waals surface area contributed by atoms with Crippen LogP contribution in [0.2, 0.25) is 0 Å². The molecule has 3 unspecified atom stereocenters. The van der Waals surface area contributed by atoms with Crippen LogP contribution in [0, 0.1) is 0 Å². The van der Waals surface area contributed by atoms with Crippen LogP contribution in [0.25, 0.3) is 0 Å². The first kappa shape index (κ1) is 11.8. The molecule has 6 atom stereocenters. The van der Waals surface area contributed by atoms with E-state index in [0.29, 0.717) is 0 Å². The van der Waals surface area contributed by atoms with Gasteiger partial charge in [0.25, 0.3) is 0 Å². The van der Waals surface area contributed by atoms with Gasteiger partial charge in [-0.25, -0.2) is 0 Å². The Morgan fingerprint density at radius 3 is 2.07 bits per heavy atom. The van der Waals surface area contributed by atoms with E-state index in [1.54, 1.807) is 0 Å². The van der Waals surface area contributed by atoms with Crippen molar-refractivity contribution in [2.75, 3.05) is 6.61 Å². The van der Waals surface area contributed by atoms with Crippen molar-refractivity contribution in [3.05, 3.63) is 0 Å². The molecule has 0 aromatic rings. The first-order valence-corrected chi connectivity index (χ1v) is 4.15. The summed E-state index contributed by atoms with van der Waals surface area (Å²) in [6.07, 6.45) is -9.26. The predicted molar refractivity (Wildman–Crippen MR) is 42.0 cm³/mol. The van der Waals surface area contributed by atoms with Gasteiger partial charge in [0.15, 0.2) is 6.29 Å². The number of hydrogen-bond acceptors (Lipinski definition) is 7. The SMILES string of the molecule is OC[C@H](O)C1O[C@@H](O)C(O)C(O)[C@H]1O. The molecule has 0 radical (unpaired) electrons. The summed E-state index contributed by atoms with van der Waals surface area (Å²) in [6, 6.07) is 0. The van der Waals surface area contributed by atoms with Crippen LogP contribution in [0.15, 0.2) is 0 Å². The first-order chi connectivity index (χ1) is 6.49. The molecular formula is C7H14O7. The van der Waals surface area contributed by atoms with Gasteiger partial charge < -0.3 is 35.4 Å². The number of rotatable bonds is 2. The zero-order valence-electron chi connectivity index (χ0n) is 7.26. The lowest BCUT2D eigenvalue weighted by Gasteiger charge is -2.39. The third kappa shape index (κ3) is 2.04. The van der Waals surface area contributed by atoms with Crippen LogP contribution in [0.3, 0.4) is 0 Å². The molecule has 7 nitrogen and oxygen atoms in total. The molecule has 0 saturated carbocycles. The largest absolute Gasteiger partial charge is 0.394 e. The fourth-order valence-corrected chi connectivity index (χ4v) is 1.31. The molecule has 84 valence electrons. The molecule has 0 aromatic heterocycles. The quantitative estimate of drug-likeness (QED) is 0.275. The highest BCUT2D eigenvalue weighted by Crippen LogP contribution is 2.21. The van der Waals surface area contributed by atoms with Crippen LogP contribution >= 0.6 is 0 Å². The Morgan fingerprint density at radius 2 is 1.57 bits per heavy atom. The van der Waals surface area contributed by atoms with Crippen molar-refractivity contribution < 1.29 is 35.4 Å². The van der Waals surface area contributed by atoms with Crippen molar-refractivity contribution in [2.24, 2.45) is 0 Å². The molecule has 7 heteroatoms. The van der Waals surface area contributed by atoms with Crippen molar-refractivity contribution in [2.45, 2.75) is 36.8 Å². The van der Waals surface area contributed by atoms with Gasteiger partial charge in [-0.05, 0) is 0 Å². The lowest BCUT2D eigenvalue weighted by molar-refractivity contribution is -0.298. The minimum absolute atomic E-state index is 0.683. The van der Waals surface area contributed by atoms with Crippen LogP contribution < -0.4 is 0 Å². The third-order valence-electron chi connectivity index (χ3n) is 2.19. The molecule has 14 heavy (non-hydrogen) atoms. The monoisotopic (exact) mass is 210 g/mol. The van der Waals surface area contributed by atoms with E-state index in [9.17, 15) is 10.2 Å². The second kappa shape index (κ2) is 4.49. The van der Waals surface area contributed by atoms with Crippen molar-refractivity contribution in [1.82, 2.24) is 0 Å². The normalized spacial score (nSPS) is 46.3. The van der Waals surface area contributed by atoms with E-state index < -0.39 is 43.4 Å². The van der Waals surface area contributed by atoms with E-state index in [0.717, 1.165) is 0 Å². The van der Waals surface area contributed by atoms with Crippen molar-refractivity contribution in [3.8, 4) is 0 Å². The maximum absolute atomic E-state index is 9.31. The summed E-state index contributed by atoms with van der Waals surface area (Å²) < 4.78 is 4.62. The lowest BCUT2D eigenvalue weighted by Crippen LogP contribution is -2.61. The molecule has 1 aliphatic heterocycles. The van der Waals surface area contributed by atoms with Crippen molar-refractivity contribution in [1.29, 1.82) is 0 Å². The van der Waals surface area contributed by atoms with Crippen molar-refractivity contribution >= 4 is 0 Å². The molecule has 1 fully saturated rings. The third-order valence-corrected chi connectivity index (χ3v) is 2.19. The van der Waals surface area contributed by atoms with Crippen LogP contribution in [-0.4, -0.2) is 74.1 Å². The molecule has 0 spiro atoms. The molecule has 1 aliphatic rings. The Morgan fingerprint density at radius 1 is 1.00 bits per heavy atom. The highest BCUT2D eigenvalue weighted by molar-refractivity contribution is 4.91. The van der Waals surface area contributed by atoms with Gasteiger partial charge >= 0.3 is 0 Å². The summed E-state index contributed by atoms with van der Waals surface area (Å²) in [4.78, 5) is 0. The highest BCUT2D eigenvalue weighted by atomic mass is 16.6. The number of aliphatic hydroxyl groups is 6. The molecule has 0 amide bonds. The Bertz CT molecular complexity index is 187. The fraction of sp³-hybridized carbons (Fsp3) is 1.00. The molecule has 1 saturated heterocycles. The van der Waals surface area contributed by atoms with Gasteiger partial charge in [0.05, 0.1) is 6.61 Å². The van der Waals surface area contributed by atoms with E-state index in [4.69, 9.17) is 20.4 Å². The zero-order chi connectivity index (χ0) is 10.9. The van der Waals surface area contributed by atoms with E-state index >= 15 is 0 Å². The molecular weight excluding hydrogens is 196 g/mol. The van der Waals surface area contributed by atoms with Gasteiger partial charge in [-0.15, -0.1) is 0 Å². The first-order valence-electron chi connectivity index (χ1n) is 4.15. The van der Waals surface area contributed by atoms with Gasteiger partial charge in [0.1, 0.15) is 30.5 Å². The topological polar surface area (TPSA) is 131 Å². The van der Waals surface area contributed by atoms with Gasteiger partial charge in [-0.1, -0.05) is 0 Å². The summed E-state index contributed by atoms with van der Waals surface area (Å²) in [6.45, 7) is -0.683. The van der Waals surface area contributed by atoms with E-state index in [2.05, 4.69) is 4.74 Å². The molecule has 0 aliphatic carbocycles. The van der Waals surface area contributed by atoms with Gasteiger partial charge in [0, 0.05) is 0 Å². The minimum atomic E-state index is -1.69. The molecule has 6 N–H and O–H groups in total. The maximum atomic E-state index is 9.31. The number of hydrogen-bond donors (Lipinski definition) is 6. The Hall–Kier alpha value is -0.280. The van der Waals surface area contributed by atoms with Gasteiger partial charge in [0.2, 0.25) is 0 Å². The fourth-order valence-electron chi connectivity index (χ4n) is 1.31. The van der Waals surface area contributed by atoms with Crippen LogP contribution in [0.4, 0.5) is 0 Å². The second-order valence-electron chi connectivity index (χ2n) is 3.21. The summed E-state index contributed by atoms with van der Waals surface area (Å²) >= 11 is 0. The van der Waals surface area contributed by atoms with E-state index in [1.165, 1.54) is 0 Å². The van der Waals surface area contributed by atoms with Crippen LogP contribution in [0.5, 0.6) is 0 Å². The van der Waals surface area contributed by atoms with Crippen LogP contribution in [-0.2, 0) is 4.74 Å². The summed E-state index contributed by atoms with van der Waals surface area (Å²) in [5.41, 5.74) is 0.